The van der Waals surface area contributed by atoms with Crippen LogP contribution in [0.15, 0.2) is 75.6 Å². The van der Waals surface area contributed by atoms with Crippen LogP contribution in [0.3, 0.4) is 0 Å². The van der Waals surface area contributed by atoms with Gasteiger partial charge in [-0.3, -0.25) is 24.0 Å². The molecule has 44 heavy (non-hydrogen) atoms. The SMILES string of the molecule is O=C(O)CCCCCCCCNC(=O)c1ccc(/C=c2\[nH]c(=O)/c(=C/c3ccc(NC(=O)c4cccs4)cc3)[nH]c2=O)cc1. The lowest BCUT2D eigenvalue weighted by Gasteiger charge is -2.06. The summed E-state index contributed by atoms with van der Waals surface area (Å²) in [6.45, 7) is 0.554. The number of aromatic amines is 2. The predicted molar refractivity (Wildman–Crippen MR) is 172 cm³/mol. The van der Waals surface area contributed by atoms with Gasteiger partial charge in [0, 0.05) is 24.2 Å². The number of anilines is 1. The number of aliphatic carboxylic acids is 1. The zero-order chi connectivity index (χ0) is 31.3. The number of hydrogen-bond donors (Lipinski definition) is 5. The number of carboxylic acid groups (broad SMARTS) is 1. The summed E-state index contributed by atoms with van der Waals surface area (Å²) in [6, 6.07) is 17.1. The molecule has 0 fully saturated rings. The first-order valence-corrected chi connectivity index (χ1v) is 15.3. The zero-order valence-corrected chi connectivity index (χ0v) is 24.9. The van der Waals surface area contributed by atoms with Crippen LogP contribution in [0.25, 0.3) is 12.2 Å². The molecule has 0 bridgehead atoms. The number of rotatable bonds is 14. The van der Waals surface area contributed by atoms with Crippen LogP contribution in [0.2, 0.25) is 0 Å². The molecular weight excluding hydrogens is 580 g/mol. The smallest absolute Gasteiger partial charge is 0.303 e. The third-order valence-corrected chi connectivity index (χ3v) is 7.67. The Hall–Kier alpha value is -5.03. The van der Waals surface area contributed by atoms with Crippen molar-refractivity contribution in [1.29, 1.82) is 0 Å². The first kappa shape index (κ1) is 31.9. The van der Waals surface area contributed by atoms with Gasteiger partial charge in [-0.2, -0.15) is 0 Å². The monoisotopic (exact) mass is 614 g/mol. The summed E-state index contributed by atoms with van der Waals surface area (Å²) in [4.78, 5) is 66.4. The van der Waals surface area contributed by atoms with Crippen LogP contribution in [0.1, 0.15) is 76.1 Å². The Kier molecular flexibility index (Phi) is 11.6. The van der Waals surface area contributed by atoms with Gasteiger partial charge in [-0.15, -0.1) is 11.3 Å². The van der Waals surface area contributed by atoms with Gasteiger partial charge in [-0.25, -0.2) is 0 Å². The van der Waals surface area contributed by atoms with Crippen LogP contribution in [0.4, 0.5) is 5.69 Å². The van der Waals surface area contributed by atoms with Crippen molar-refractivity contribution in [2.24, 2.45) is 0 Å². The molecule has 0 atom stereocenters. The minimum atomic E-state index is -0.760. The van der Waals surface area contributed by atoms with Crippen molar-refractivity contribution in [2.75, 3.05) is 11.9 Å². The maximum Gasteiger partial charge on any atom is 0.303 e. The lowest BCUT2D eigenvalue weighted by Crippen LogP contribution is -2.46. The van der Waals surface area contributed by atoms with Gasteiger partial charge in [-0.05, 0) is 71.8 Å². The molecule has 2 heterocycles. The van der Waals surface area contributed by atoms with Crippen molar-refractivity contribution in [3.63, 3.8) is 0 Å². The fourth-order valence-corrected chi connectivity index (χ4v) is 5.05. The number of carboxylic acids is 1. The normalized spacial score (nSPS) is 11.8. The van der Waals surface area contributed by atoms with E-state index in [-0.39, 0.29) is 28.9 Å². The average Bonchev–Trinajstić information content (AvgIpc) is 3.55. The van der Waals surface area contributed by atoms with Crippen molar-refractivity contribution < 1.29 is 19.5 Å². The van der Waals surface area contributed by atoms with Gasteiger partial charge < -0.3 is 25.7 Å². The van der Waals surface area contributed by atoms with E-state index >= 15 is 0 Å². The Morgan fingerprint density at radius 3 is 1.86 bits per heavy atom. The Morgan fingerprint density at radius 2 is 1.30 bits per heavy atom. The van der Waals surface area contributed by atoms with Crippen LogP contribution >= 0.6 is 11.3 Å². The van der Waals surface area contributed by atoms with Gasteiger partial charge in [0.15, 0.2) is 0 Å². The summed E-state index contributed by atoms with van der Waals surface area (Å²) >= 11 is 1.35. The second-order valence-corrected chi connectivity index (χ2v) is 11.2. The van der Waals surface area contributed by atoms with Gasteiger partial charge in [-0.1, -0.05) is 56.0 Å². The maximum absolute atomic E-state index is 12.7. The number of amides is 2. The molecule has 0 saturated heterocycles. The molecule has 0 unspecified atom stereocenters. The molecule has 0 aliphatic rings. The summed E-state index contributed by atoms with van der Waals surface area (Å²) in [5.41, 5.74) is 1.46. The number of unbranched alkanes of at least 4 members (excludes halogenated alkanes) is 5. The molecule has 2 aromatic carbocycles. The molecule has 0 aliphatic heterocycles. The lowest BCUT2D eigenvalue weighted by molar-refractivity contribution is -0.137. The van der Waals surface area contributed by atoms with Crippen LogP contribution in [-0.2, 0) is 4.79 Å². The molecule has 0 saturated carbocycles. The Morgan fingerprint density at radius 1 is 0.727 bits per heavy atom. The van der Waals surface area contributed by atoms with Crippen molar-refractivity contribution >= 4 is 47.0 Å². The zero-order valence-electron chi connectivity index (χ0n) is 24.1. The second kappa shape index (κ2) is 16.0. The van der Waals surface area contributed by atoms with Crippen molar-refractivity contribution in [3.05, 3.63) is 119 Å². The number of aromatic nitrogens is 2. The Labute approximate surface area is 257 Å². The number of carbonyl (C=O) groups is 3. The van der Waals surface area contributed by atoms with Gasteiger partial charge in [0.25, 0.3) is 22.9 Å². The van der Waals surface area contributed by atoms with E-state index in [0.29, 0.717) is 40.2 Å². The van der Waals surface area contributed by atoms with Crippen molar-refractivity contribution in [1.82, 2.24) is 15.3 Å². The fourth-order valence-electron chi connectivity index (χ4n) is 4.44. The lowest BCUT2D eigenvalue weighted by atomic mass is 10.1. The standard InChI is InChI=1S/C33H34N4O6S/c38-29(39)9-5-3-1-2-4-6-18-34-30(40)24-14-10-22(11-15-24)20-26-31(41)37-27(32(42)36-26)21-23-12-16-25(17-13-23)35-33(43)28-8-7-19-44-28/h7-8,10-17,19-21H,1-6,9,18H2,(H,34,40)(H,35,43)(H,36,42)(H,37,41)(H,38,39)/b26-20-,27-21-. The van der Waals surface area contributed by atoms with Crippen LogP contribution < -0.4 is 32.5 Å². The fraction of sp³-hybridized carbons (Fsp3) is 0.242. The summed E-state index contributed by atoms with van der Waals surface area (Å²) in [5.74, 6) is -1.15. The third kappa shape index (κ3) is 9.77. The number of thiophene rings is 1. The van der Waals surface area contributed by atoms with E-state index in [9.17, 15) is 24.0 Å². The topological polar surface area (TPSA) is 161 Å². The molecule has 4 aromatic rings. The highest BCUT2D eigenvalue weighted by molar-refractivity contribution is 7.12. The Balaban J connectivity index is 1.31. The largest absolute Gasteiger partial charge is 0.481 e. The van der Waals surface area contributed by atoms with Crippen LogP contribution in [-0.4, -0.2) is 39.4 Å². The summed E-state index contributed by atoms with van der Waals surface area (Å²) in [6.07, 6.45) is 8.70. The number of carbonyl (C=O) groups excluding carboxylic acids is 2. The molecule has 10 nitrogen and oxygen atoms in total. The van der Waals surface area contributed by atoms with Gasteiger partial charge in [0.2, 0.25) is 0 Å². The predicted octanol–water partition coefficient (Wildman–Crippen LogP) is 3.58. The summed E-state index contributed by atoms with van der Waals surface area (Å²) in [7, 11) is 0. The highest BCUT2D eigenvalue weighted by Crippen LogP contribution is 2.14. The molecule has 228 valence electrons. The molecule has 11 heteroatoms. The van der Waals surface area contributed by atoms with Gasteiger partial charge in [0.05, 0.1) is 4.88 Å². The maximum atomic E-state index is 12.7. The quantitative estimate of drug-likeness (QED) is 0.137. The number of hydrogen-bond acceptors (Lipinski definition) is 6. The Bertz CT molecular complexity index is 1810. The number of H-pyrrole nitrogens is 2. The summed E-state index contributed by atoms with van der Waals surface area (Å²) in [5, 5.41) is 16.4. The molecule has 2 aromatic heterocycles. The average molecular weight is 615 g/mol. The van der Waals surface area contributed by atoms with Crippen LogP contribution in [0, 0.1) is 0 Å². The molecule has 0 radical (unpaired) electrons. The minimum Gasteiger partial charge on any atom is -0.481 e. The molecule has 4 rings (SSSR count). The van der Waals surface area contributed by atoms with E-state index in [4.69, 9.17) is 5.11 Å². The molecular formula is C33H34N4O6S. The van der Waals surface area contributed by atoms with E-state index in [2.05, 4.69) is 20.6 Å². The van der Waals surface area contributed by atoms with E-state index < -0.39 is 17.1 Å². The number of benzene rings is 2. The molecule has 2 amide bonds. The number of nitrogens with one attached hydrogen (secondary N) is 4. The van der Waals surface area contributed by atoms with Gasteiger partial charge >= 0.3 is 5.97 Å². The molecule has 0 aliphatic carbocycles. The first-order valence-electron chi connectivity index (χ1n) is 14.4. The second-order valence-electron chi connectivity index (χ2n) is 10.2. The van der Waals surface area contributed by atoms with Crippen molar-refractivity contribution in [2.45, 2.75) is 44.9 Å². The molecule has 0 spiro atoms. The van der Waals surface area contributed by atoms with E-state index in [1.165, 1.54) is 17.4 Å². The third-order valence-electron chi connectivity index (χ3n) is 6.80. The van der Waals surface area contributed by atoms with Gasteiger partial charge in [0.1, 0.15) is 10.7 Å². The first-order chi connectivity index (χ1) is 21.3. The highest BCUT2D eigenvalue weighted by Gasteiger charge is 2.07. The summed E-state index contributed by atoms with van der Waals surface area (Å²) < 4.78 is 0. The van der Waals surface area contributed by atoms with Crippen molar-refractivity contribution in [3.8, 4) is 0 Å². The van der Waals surface area contributed by atoms with E-state index in [1.807, 2.05) is 5.38 Å². The van der Waals surface area contributed by atoms with Crippen LogP contribution in [0.5, 0.6) is 0 Å². The highest BCUT2D eigenvalue weighted by atomic mass is 32.1. The minimum absolute atomic E-state index is 0.0824. The molecule has 5 N–H and O–H groups in total. The van der Waals surface area contributed by atoms with E-state index in [1.54, 1.807) is 66.7 Å². The van der Waals surface area contributed by atoms with E-state index in [0.717, 1.165) is 32.1 Å².